The number of benzene rings is 1. The Bertz CT molecular complexity index is 545. The first-order valence-corrected chi connectivity index (χ1v) is 10.4. The SMILES string of the molecule is Cc1ccc(C2CSCCN2C(=O)CC(C)C2CCNCC2)cc1.Cl. The van der Waals surface area contributed by atoms with E-state index in [2.05, 4.69) is 48.3 Å². The lowest BCUT2D eigenvalue weighted by molar-refractivity contribution is -0.134. The second-order valence-corrected chi connectivity index (χ2v) is 8.51. The van der Waals surface area contributed by atoms with Crippen molar-refractivity contribution < 1.29 is 4.79 Å². The number of carbonyl (C=O) groups is 1. The summed E-state index contributed by atoms with van der Waals surface area (Å²) in [4.78, 5) is 15.2. The van der Waals surface area contributed by atoms with Crippen molar-refractivity contribution in [3.05, 3.63) is 35.4 Å². The lowest BCUT2D eigenvalue weighted by Gasteiger charge is -2.37. The van der Waals surface area contributed by atoms with Gasteiger partial charge in [-0.3, -0.25) is 4.79 Å². The van der Waals surface area contributed by atoms with Crippen molar-refractivity contribution in [1.29, 1.82) is 0 Å². The maximum atomic E-state index is 13.0. The van der Waals surface area contributed by atoms with Crippen LogP contribution in [0.4, 0.5) is 0 Å². The quantitative estimate of drug-likeness (QED) is 0.852. The van der Waals surface area contributed by atoms with Crippen LogP contribution in [-0.2, 0) is 4.79 Å². The molecule has 0 radical (unpaired) electrons. The summed E-state index contributed by atoms with van der Waals surface area (Å²) in [6.45, 7) is 7.49. The third-order valence-electron chi connectivity index (χ3n) is 5.60. The van der Waals surface area contributed by atoms with Crippen molar-refractivity contribution in [3.63, 3.8) is 0 Å². The van der Waals surface area contributed by atoms with Gasteiger partial charge in [-0.1, -0.05) is 36.8 Å². The molecule has 0 aromatic heterocycles. The van der Waals surface area contributed by atoms with Crippen LogP contribution >= 0.6 is 24.2 Å². The number of piperidine rings is 1. The number of aryl methyl sites for hydroxylation is 1. The van der Waals surface area contributed by atoms with E-state index in [9.17, 15) is 4.79 Å². The van der Waals surface area contributed by atoms with E-state index in [1.165, 1.54) is 24.0 Å². The van der Waals surface area contributed by atoms with Crippen LogP contribution in [0.25, 0.3) is 0 Å². The Morgan fingerprint density at radius 2 is 1.96 bits per heavy atom. The summed E-state index contributed by atoms with van der Waals surface area (Å²) >= 11 is 1.97. The fraction of sp³-hybridized carbons (Fsp3) is 0.650. The number of nitrogens with zero attached hydrogens (tertiary/aromatic N) is 1. The Kier molecular flexibility index (Phi) is 8.11. The van der Waals surface area contributed by atoms with E-state index >= 15 is 0 Å². The molecule has 5 heteroatoms. The predicted octanol–water partition coefficient (Wildman–Crippen LogP) is 4.06. The topological polar surface area (TPSA) is 32.3 Å². The van der Waals surface area contributed by atoms with Gasteiger partial charge < -0.3 is 10.2 Å². The summed E-state index contributed by atoms with van der Waals surface area (Å²) < 4.78 is 0. The molecule has 2 fully saturated rings. The standard InChI is InChI=1S/C20H30N2OS.ClH/c1-15-3-5-18(6-4-15)19-14-24-12-11-22(19)20(23)13-16(2)17-7-9-21-10-8-17;/h3-6,16-17,19,21H,7-14H2,1-2H3;1H. The molecule has 1 N–H and O–H groups in total. The Morgan fingerprint density at radius 3 is 2.64 bits per heavy atom. The molecule has 140 valence electrons. The van der Waals surface area contributed by atoms with Gasteiger partial charge in [-0.05, 0) is 50.3 Å². The number of halogens is 1. The van der Waals surface area contributed by atoms with Gasteiger partial charge in [-0.15, -0.1) is 12.4 Å². The summed E-state index contributed by atoms with van der Waals surface area (Å²) in [6.07, 6.45) is 3.13. The number of carbonyl (C=O) groups excluding carboxylic acids is 1. The van der Waals surface area contributed by atoms with Gasteiger partial charge in [0.05, 0.1) is 6.04 Å². The number of amides is 1. The zero-order chi connectivity index (χ0) is 16.9. The van der Waals surface area contributed by atoms with Gasteiger partial charge in [0.1, 0.15) is 0 Å². The van der Waals surface area contributed by atoms with E-state index in [1.807, 2.05) is 11.8 Å². The lowest BCUT2D eigenvalue weighted by atomic mass is 9.84. The van der Waals surface area contributed by atoms with Crippen molar-refractivity contribution in [2.45, 2.75) is 39.2 Å². The van der Waals surface area contributed by atoms with Crippen LogP contribution in [0.2, 0.25) is 0 Å². The predicted molar refractivity (Wildman–Crippen MR) is 110 cm³/mol. The lowest BCUT2D eigenvalue weighted by Crippen LogP contribution is -2.42. The van der Waals surface area contributed by atoms with E-state index in [0.717, 1.165) is 31.1 Å². The zero-order valence-electron chi connectivity index (χ0n) is 15.4. The molecule has 0 aliphatic carbocycles. The van der Waals surface area contributed by atoms with Gasteiger partial charge in [0.25, 0.3) is 0 Å². The van der Waals surface area contributed by atoms with Crippen molar-refractivity contribution in [3.8, 4) is 0 Å². The molecular weight excluding hydrogens is 352 g/mol. The van der Waals surface area contributed by atoms with Gasteiger partial charge in [0.15, 0.2) is 0 Å². The molecular formula is C20H31ClN2OS. The highest BCUT2D eigenvalue weighted by molar-refractivity contribution is 7.99. The first kappa shape index (κ1) is 20.6. The van der Waals surface area contributed by atoms with Gasteiger partial charge in [0.2, 0.25) is 5.91 Å². The zero-order valence-corrected chi connectivity index (χ0v) is 17.0. The Labute approximate surface area is 162 Å². The number of thioether (sulfide) groups is 1. The van der Waals surface area contributed by atoms with Crippen LogP contribution in [0.15, 0.2) is 24.3 Å². The molecule has 0 bridgehead atoms. The number of rotatable bonds is 4. The van der Waals surface area contributed by atoms with Gasteiger partial charge in [-0.25, -0.2) is 0 Å². The molecule has 0 saturated carbocycles. The smallest absolute Gasteiger partial charge is 0.223 e. The molecule has 2 heterocycles. The maximum Gasteiger partial charge on any atom is 0.223 e. The molecule has 1 aromatic carbocycles. The minimum Gasteiger partial charge on any atom is -0.334 e. The van der Waals surface area contributed by atoms with Crippen molar-refractivity contribution in [1.82, 2.24) is 10.2 Å². The summed E-state index contributed by atoms with van der Waals surface area (Å²) in [7, 11) is 0. The largest absolute Gasteiger partial charge is 0.334 e. The molecule has 2 atom stereocenters. The van der Waals surface area contributed by atoms with Crippen molar-refractivity contribution in [2.75, 3.05) is 31.1 Å². The fourth-order valence-corrected chi connectivity index (χ4v) is 5.03. The third-order valence-corrected chi connectivity index (χ3v) is 6.62. The van der Waals surface area contributed by atoms with Crippen LogP contribution in [-0.4, -0.2) is 41.9 Å². The highest BCUT2D eigenvalue weighted by Gasteiger charge is 2.30. The maximum absolute atomic E-state index is 13.0. The number of nitrogens with one attached hydrogen (secondary N) is 1. The van der Waals surface area contributed by atoms with Crippen LogP contribution in [0.5, 0.6) is 0 Å². The van der Waals surface area contributed by atoms with Crippen molar-refractivity contribution >= 4 is 30.1 Å². The molecule has 1 aromatic rings. The highest BCUT2D eigenvalue weighted by atomic mass is 35.5. The molecule has 2 aliphatic heterocycles. The molecule has 1 amide bonds. The van der Waals surface area contributed by atoms with Crippen molar-refractivity contribution in [2.24, 2.45) is 11.8 Å². The summed E-state index contributed by atoms with van der Waals surface area (Å²) in [5.41, 5.74) is 2.57. The Morgan fingerprint density at radius 1 is 1.28 bits per heavy atom. The van der Waals surface area contributed by atoms with Gasteiger partial charge in [0, 0.05) is 24.5 Å². The fourth-order valence-electron chi connectivity index (χ4n) is 3.94. The second-order valence-electron chi connectivity index (χ2n) is 7.36. The number of hydrogen-bond acceptors (Lipinski definition) is 3. The van der Waals surface area contributed by atoms with E-state index in [0.29, 0.717) is 24.2 Å². The van der Waals surface area contributed by atoms with E-state index in [-0.39, 0.29) is 18.4 Å². The number of hydrogen-bond donors (Lipinski definition) is 1. The molecule has 3 nitrogen and oxygen atoms in total. The van der Waals surface area contributed by atoms with E-state index in [4.69, 9.17) is 0 Å². The monoisotopic (exact) mass is 382 g/mol. The minimum atomic E-state index is 0. The first-order chi connectivity index (χ1) is 11.6. The minimum absolute atomic E-state index is 0. The van der Waals surface area contributed by atoms with Crippen LogP contribution in [0.3, 0.4) is 0 Å². The first-order valence-electron chi connectivity index (χ1n) is 9.29. The Balaban J connectivity index is 0.00000225. The molecule has 3 rings (SSSR count). The summed E-state index contributed by atoms with van der Waals surface area (Å²) in [6, 6.07) is 8.96. The van der Waals surface area contributed by atoms with Crippen LogP contribution < -0.4 is 5.32 Å². The second kappa shape index (κ2) is 9.84. The summed E-state index contributed by atoms with van der Waals surface area (Å²) in [5.74, 6) is 3.64. The van der Waals surface area contributed by atoms with E-state index < -0.39 is 0 Å². The van der Waals surface area contributed by atoms with Crippen LogP contribution in [0.1, 0.15) is 43.4 Å². The third kappa shape index (κ3) is 5.38. The highest BCUT2D eigenvalue weighted by Crippen LogP contribution is 2.32. The van der Waals surface area contributed by atoms with E-state index in [1.54, 1.807) is 0 Å². The normalized spacial score (nSPS) is 23.0. The molecule has 2 unspecified atom stereocenters. The molecule has 2 saturated heterocycles. The van der Waals surface area contributed by atoms with Crippen LogP contribution in [0, 0.1) is 18.8 Å². The molecule has 0 spiro atoms. The van der Waals surface area contributed by atoms with Gasteiger partial charge in [-0.2, -0.15) is 11.8 Å². The summed E-state index contributed by atoms with van der Waals surface area (Å²) in [5, 5.41) is 3.42. The average Bonchev–Trinajstić information content (AvgIpc) is 2.63. The average molecular weight is 383 g/mol. The molecule has 2 aliphatic rings. The molecule has 25 heavy (non-hydrogen) atoms. The Hall–Kier alpha value is -0.710. The van der Waals surface area contributed by atoms with Gasteiger partial charge >= 0.3 is 0 Å².